The van der Waals surface area contributed by atoms with E-state index in [2.05, 4.69) is 12.2 Å². The highest BCUT2D eigenvalue weighted by molar-refractivity contribution is 6.18. The third kappa shape index (κ3) is 3.28. The van der Waals surface area contributed by atoms with Crippen molar-refractivity contribution in [3.63, 3.8) is 0 Å². The molecule has 50 valence electrons. The van der Waals surface area contributed by atoms with Crippen molar-refractivity contribution in [1.29, 1.82) is 0 Å². The van der Waals surface area contributed by atoms with Gasteiger partial charge >= 0.3 is 0 Å². The summed E-state index contributed by atoms with van der Waals surface area (Å²) in [6.07, 6.45) is 2.39. The van der Waals surface area contributed by atoms with Crippen molar-refractivity contribution in [2.45, 2.75) is 25.8 Å². The van der Waals surface area contributed by atoms with E-state index in [1.165, 1.54) is 12.8 Å². The van der Waals surface area contributed by atoms with Gasteiger partial charge in [-0.2, -0.15) is 0 Å². The van der Waals surface area contributed by atoms with Gasteiger partial charge in [-0.3, -0.25) is 0 Å². The Kier molecular flexibility index (Phi) is 5.56. The second-order valence-electron chi connectivity index (χ2n) is 1.93. The fourth-order valence-electron chi connectivity index (χ4n) is 0.647. The van der Waals surface area contributed by atoms with Gasteiger partial charge in [-0.05, 0) is 13.5 Å². The normalized spacial score (nSPS) is 13.9. The summed E-state index contributed by atoms with van der Waals surface area (Å²) < 4.78 is 0. The number of hydrogen-bond donors (Lipinski definition) is 1. The van der Waals surface area contributed by atoms with E-state index >= 15 is 0 Å². The van der Waals surface area contributed by atoms with Crippen LogP contribution in [-0.4, -0.2) is 19.0 Å². The zero-order chi connectivity index (χ0) is 6.41. The number of alkyl halides is 1. The second kappa shape index (κ2) is 5.39. The van der Waals surface area contributed by atoms with E-state index in [9.17, 15) is 0 Å². The quantitative estimate of drug-likeness (QED) is 0.578. The monoisotopic (exact) mass is 135 g/mol. The summed E-state index contributed by atoms with van der Waals surface area (Å²) in [6.45, 7) is 2.16. The molecule has 0 fully saturated rings. The van der Waals surface area contributed by atoms with Gasteiger partial charge in [0.25, 0.3) is 0 Å². The summed E-state index contributed by atoms with van der Waals surface area (Å²) in [5.41, 5.74) is 0. The van der Waals surface area contributed by atoms with Crippen LogP contribution >= 0.6 is 11.6 Å². The van der Waals surface area contributed by atoms with Gasteiger partial charge in [-0.25, -0.2) is 0 Å². The molecule has 0 heterocycles. The van der Waals surface area contributed by atoms with Crippen LogP contribution in [0.5, 0.6) is 0 Å². The zero-order valence-corrected chi connectivity index (χ0v) is 6.33. The lowest BCUT2D eigenvalue weighted by Gasteiger charge is -2.09. The summed E-state index contributed by atoms with van der Waals surface area (Å²) >= 11 is 5.58. The van der Waals surface area contributed by atoms with Gasteiger partial charge in [0.1, 0.15) is 0 Å². The van der Waals surface area contributed by atoms with Gasteiger partial charge in [0.2, 0.25) is 0 Å². The molecule has 1 N–H and O–H groups in total. The highest BCUT2D eigenvalue weighted by atomic mass is 35.5. The van der Waals surface area contributed by atoms with E-state index < -0.39 is 0 Å². The Morgan fingerprint density at radius 3 is 2.38 bits per heavy atom. The van der Waals surface area contributed by atoms with Crippen LogP contribution in [0.4, 0.5) is 0 Å². The molecular formula is C6H14ClN. The molecule has 1 nitrogen and oxygen atoms in total. The number of nitrogens with one attached hydrogen (secondary N) is 1. The van der Waals surface area contributed by atoms with Gasteiger partial charge < -0.3 is 5.32 Å². The van der Waals surface area contributed by atoms with Crippen molar-refractivity contribution in [2.75, 3.05) is 12.9 Å². The molecule has 0 aliphatic heterocycles. The summed E-state index contributed by atoms with van der Waals surface area (Å²) in [7, 11) is 1.95. The van der Waals surface area contributed by atoms with Crippen molar-refractivity contribution in [2.24, 2.45) is 0 Å². The Balaban J connectivity index is 3.07. The van der Waals surface area contributed by atoms with E-state index in [1.54, 1.807) is 0 Å². The third-order valence-corrected chi connectivity index (χ3v) is 1.60. The van der Waals surface area contributed by atoms with Crippen molar-refractivity contribution in [1.82, 2.24) is 5.32 Å². The Hall–Kier alpha value is 0.250. The molecule has 1 atom stereocenters. The minimum Gasteiger partial charge on any atom is -0.316 e. The molecule has 0 aliphatic rings. The molecule has 0 bridgehead atoms. The molecule has 2 heteroatoms. The number of rotatable bonds is 4. The standard InChI is InChI=1S/C6H14ClN/c1-3-4-6(5-7)8-2/h6,8H,3-5H2,1-2H3. The molecule has 0 radical (unpaired) electrons. The highest BCUT2D eigenvalue weighted by Gasteiger charge is 1.99. The largest absolute Gasteiger partial charge is 0.316 e. The van der Waals surface area contributed by atoms with Crippen LogP contribution in [0.3, 0.4) is 0 Å². The maximum atomic E-state index is 5.58. The molecule has 0 saturated heterocycles. The van der Waals surface area contributed by atoms with Gasteiger partial charge in [0.05, 0.1) is 0 Å². The van der Waals surface area contributed by atoms with E-state index in [0.717, 1.165) is 5.88 Å². The maximum Gasteiger partial charge on any atom is 0.0377 e. The predicted molar refractivity (Wildman–Crippen MR) is 38.5 cm³/mol. The fourth-order valence-corrected chi connectivity index (χ4v) is 0.956. The van der Waals surface area contributed by atoms with E-state index in [0.29, 0.717) is 6.04 Å². The zero-order valence-electron chi connectivity index (χ0n) is 5.58. The lowest BCUT2D eigenvalue weighted by molar-refractivity contribution is 0.562. The Morgan fingerprint density at radius 2 is 2.25 bits per heavy atom. The topological polar surface area (TPSA) is 12.0 Å². The SMILES string of the molecule is CCCC(CCl)NC. The molecule has 0 rings (SSSR count). The molecule has 0 aromatic heterocycles. The molecule has 8 heavy (non-hydrogen) atoms. The number of hydrogen-bond acceptors (Lipinski definition) is 1. The first-order valence-corrected chi connectivity index (χ1v) is 3.61. The van der Waals surface area contributed by atoms with Crippen LogP contribution in [0, 0.1) is 0 Å². The Morgan fingerprint density at radius 1 is 1.62 bits per heavy atom. The van der Waals surface area contributed by atoms with Crippen molar-refractivity contribution in [3.8, 4) is 0 Å². The van der Waals surface area contributed by atoms with Gasteiger partial charge in [0.15, 0.2) is 0 Å². The van der Waals surface area contributed by atoms with Crippen molar-refractivity contribution in [3.05, 3.63) is 0 Å². The molecule has 0 aromatic carbocycles. The predicted octanol–water partition coefficient (Wildman–Crippen LogP) is 1.61. The number of halogens is 1. The van der Waals surface area contributed by atoms with Crippen LogP contribution in [0.1, 0.15) is 19.8 Å². The average molecular weight is 136 g/mol. The molecule has 0 aromatic rings. The van der Waals surface area contributed by atoms with Gasteiger partial charge in [0, 0.05) is 11.9 Å². The molecule has 0 aliphatic carbocycles. The first kappa shape index (κ1) is 8.25. The van der Waals surface area contributed by atoms with Gasteiger partial charge in [-0.1, -0.05) is 13.3 Å². The lowest BCUT2D eigenvalue weighted by Crippen LogP contribution is -2.26. The van der Waals surface area contributed by atoms with Crippen LogP contribution in [0.2, 0.25) is 0 Å². The van der Waals surface area contributed by atoms with Crippen molar-refractivity contribution < 1.29 is 0 Å². The van der Waals surface area contributed by atoms with E-state index in [1.807, 2.05) is 7.05 Å². The third-order valence-electron chi connectivity index (χ3n) is 1.23. The lowest BCUT2D eigenvalue weighted by atomic mass is 10.2. The minimum atomic E-state index is 0.515. The van der Waals surface area contributed by atoms with Gasteiger partial charge in [-0.15, -0.1) is 11.6 Å². The maximum absolute atomic E-state index is 5.58. The molecule has 0 amide bonds. The second-order valence-corrected chi connectivity index (χ2v) is 2.24. The molecular weight excluding hydrogens is 122 g/mol. The van der Waals surface area contributed by atoms with Crippen LogP contribution < -0.4 is 5.32 Å². The average Bonchev–Trinajstić information content (AvgIpc) is 1.83. The molecule has 0 saturated carbocycles. The summed E-state index contributed by atoms with van der Waals surface area (Å²) in [5, 5.41) is 3.12. The van der Waals surface area contributed by atoms with Crippen LogP contribution in [0.15, 0.2) is 0 Å². The van der Waals surface area contributed by atoms with E-state index in [-0.39, 0.29) is 0 Å². The molecule has 0 spiro atoms. The minimum absolute atomic E-state index is 0.515. The first-order valence-electron chi connectivity index (χ1n) is 3.08. The Bertz CT molecular complexity index is 43.8. The Labute approximate surface area is 56.4 Å². The summed E-state index contributed by atoms with van der Waals surface area (Å²) in [4.78, 5) is 0. The van der Waals surface area contributed by atoms with Crippen LogP contribution in [-0.2, 0) is 0 Å². The summed E-state index contributed by atoms with van der Waals surface area (Å²) in [6, 6.07) is 0.515. The van der Waals surface area contributed by atoms with Crippen LogP contribution in [0.25, 0.3) is 0 Å². The molecule has 1 unspecified atom stereocenters. The van der Waals surface area contributed by atoms with Crippen molar-refractivity contribution >= 4 is 11.6 Å². The summed E-state index contributed by atoms with van der Waals surface area (Å²) in [5.74, 6) is 0.727. The fraction of sp³-hybridized carbons (Fsp3) is 1.00. The highest BCUT2D eigenvalue weighted by Crippen LogP contribution is 1.96. The first-order chi connectivity index (χ1) is 3.85. The van der Waals surface area contributed by atoms with E-state index in [4.69, 9.17) is 11.6 Å². The smallest absolute Gasteiger partial charge is 0.0377 e.